The van der Waals surface area contributed by atoms with Crippen LogP contribution < -0.4 is 9.47 Å². The number of benzene rings is 1. The number of nitrogens with zero attached hydrogens (tertiary/aromatic N) is 1. The fraction of sp³-hybridized carbons (Fsp3) is 0.500. The van der Waals surface area contributed by atoms with E-state index in [4.69, 9.17) is 9.47 Å². The van der Waals surface area contributed by atoms with Crippen LogP contribution in [-0.4, -0.2) is 30.8 Å². The molecule has 0 aliphatic carbocycles. The van der Waals surface area contributed by atoms with Crippen molar-refractivity contribution >= 4 is 0 Å². The summed E-state index contributed by atoms with van der Waals surface area (Å²) in [5, 5.41) is 0. The molecule has 3 rings (SSSR count). The fourth-order valence-corrected chi connectivity index (χ4v) is 2.20. The van der Waals surface area contributed by atoms with E-state index in [1.807, 2.05) is 24.3 Å². The van der Waals surface area contributed by atoms with Crippen LogP contribution >= 0.6 is 0 Å². The zero-order valence-electron chi connectivity index (χ0n) is 8.90. The highest BCUT2D eigenvalue weighted by molar-refractivity contribution is 5.42. The van der Waals surface area contributed by atoms with Gasteiger partial charge >= 0.3 is 0 Å². The number of rotatable bonds is 0. The molecule has 1 aromatic carbocycles. The Bertz CT molecular complexity index is 343. The van der Waals surface area contributed by atoms with E-state index >= 15 is 0 Å². The summed E-state index contributed by atoms with van der Waals surface area (Å²) >= 11 is 0. The van der Waals surface area contributed by atoms with Gasteiger partial charge in [0.2, 0.25) is 0 Å². The van der Waals surface area contributed by atoms with Gasteiger partial charge in [-0.1, -0.05) is 12.1 Å². The molecule has 2 aliphatic rings. The monoisotopic (exact) mass is 205 g/mol. The lowest BCUT2D eigenvalue weighted by atomic mass is 10.0. The molecule has 15 heavy (non-hydrogen) atoms. The van der Waals surface area contributed by atoms with Crippen LogP contribution in [0.4, 0.5) is 0 Å². The Morgan fingerprint density at radius 3 is 2.13 bits per heavy atom. The summed E-state index contributed by atoms with van der Waals surface area (Å²) in [5.74, 6) is 1.40. The standard InChI is InChI=1S/C12H15NO2/c1-13-8-6-12(7-9-13)14-10-4-2-3-5-11(10)15-12/h2-5H,6-9H2,1H3. The third kappa shape index (κ3) is 1.47. The van der Waals surface area contributed by atoms with E-state index in [-0.39, 0.29) is 5.79 Å². The van der Waals surface area contributed by atoms with Gasteiger partial charge < -0.3 is 14.4 Å². The highest BCUT2D eigenvalue weighted by Crippen LogP contribution is 2.43. The maximum absolute atomic E-state index is 5.93. The highest BCUT2D eigenvalue weighted by Gasteiger charge is 2.43. The van der Waals surface area contributed by atoms with Crippen molar-refractivity contribution in [3.05, 3.63) is 24.3 Å². The lowest BCUT2D eigenvalue weighted by Gasteiger charge is -2.35. The molecule has 0 atom stereocenters. The number of hydrogen-bond acceptors (Lipinski definition) is 3. The number of hydrogen-bond donors (Lipinski definition) is 0. The lowest BCUT2D eigenvalue weighted by Crippen LogP contribution is -2.48. The van der Waals surface area contributed by atoms with Crippen LogP contribution in [0.1, 0.15) is 12.8 Å². The third-order valence-electron chi connectivity index (χ3n) is 3.19. The van der Waals surface area contributed by atoms with Gasteiger partial charge in [-0.2, -0.15) is 0 Å². The van der Waals surface area contributed by atoms with E-state index in [1.165, 1.54) is 0 Å². The fourth-order valence-electron chi connectivity index (χ4n) is 2.20. The maximum Gasteiger partial charge on any atom is 0.254 e. The van der Waals surface area contributed by atoms with Gasteiger partial charge in [0, 0.05) is 25.9 Å². The van der Waals surface area contributed by atoms with Crippen molar-refractivity contribution in [1.29, 1.82) is 0 Å². The zero-order chi connectivity index (χ0) is 10.3. The van der Waals surface area contributed by atoms with E-state index in [9.17, 15) is 0 Å². The van der Waals surface area contributed by atoms with Crippen molar-refractivity contribution < 1.29 is 9.47 Å². The van der Waals surface area contributed by atoms with E-state index < -0.39 is 0 Å². The summed E-state index contributed by atoms with van der Waals surface area (Å²) in [5.41, 5.74) is 0. The predicted molar refractivity (Wildman–Crippen MR) is 57.2 cm³/mol. The minimum atomic E-state index is -0.379. The van der Waals surface area contributed by atoms with E-state index in [0.29, 0.717) is 0 Å². The Balaban J connectivity index is 1.83. The molecule has 0 amide bonds. The number of likely N-dealkylation sites (tertiary alicyclic amines) is 1. The molecule has 1 saturated heterocycles. The smallest absolute Gasteiger partial charge is 0.254 e. The average Bonchev–Trinajstić information content (AvgIpc) is 2.61. The predicted octanol–water partition coefficient (Wildman–Crippen LogP) is 1.88. The first kappa shape index (κ1) is 9.04. The van der Waals surface area contributed by atoms with Crippen molar-refractivity contribution in [2.75, 3.05) is 20.1 Å². The van der Waals surface area contributed by atoms with Crippen molar-refractivity contribution in [3.63, 3.8) is 0 Å². The van der Waals surface area contributed by atoms with Gasteiger partial charge in [0.05, 0.1) is 0 Å². The Labute approximate surface area is 89.6 Å². The largest absolute Gasteiger partial charge is 0.448 e. The summed E-state index contributed by atoms with van der Waals surface area (Å²) in [6, 6.07) is 7.91. The minimum absolute atomic E-state index is 0.379. The van der Waals surface area contributed by atoms with Crippen LogP contribution in [-0.2, 0) is 0 Å². The molecule has 2 aliphatic heterocycles. The van der Waals surface area contributed by atoms with Gasteiger partial charge in [0.15, 0.2) is 11.5 Å². The molecule has 0 bridgehead atoms. The van der Waals surface area contributed by atoms with E-state index in [1.54, 1.807) is 0 Å². The molecule has 0 saturated carbocycles. The van der Waals surface area contributed by atoms with Crippen LogP contribution in [0.15, 0.2) is 24.3 Å². The van der Waals surface area contributed by atoms with E-state index in [0.717, 1.165) is 37.4 Å². The SMILES string of the molecule is CN1CCC2(CC1)Oc1ccccc1O2. The van der Waals surface area contributed by atoms with Crippen molar-refractivity contribution in [2.24, 2.45) is 0 Å². The first-order valence-corrected chi connectivity index (χ1v) is 5.43. The Kier molecular flexibility index (Phi) is 1.89. The summed E-state index contributed by atoms with van der Waals surface area (Å²) in [6.07, 6.45) is 1.89. The number of fused-ring (bicyclic) bond motifs is 1. The number of piperidine rings is 1. The Hall–Kier alpha value is -1.22. The summed E-state index contributed by atoms with van der Waals surface area (Å²) < 4.78 is 11.9. The molecular weight excluding hydrogens is 190 g/mol. The first-order chi connectivity index (χ1) is 7.27. The maximum atomic E-state index is 5.93. The normalized spacial score (nSPS) is 23.3. The zero-order valence-corrected chi connectivity index (χ0v) is 8.90. The Morgan fingerprint density at radius 1 is 1.07 bits per heavy atom. The molecule has 0 N–H and O–H groups in total. The minimum Gasteiger partial charge on any atom is -0.448 e. The average molecular weight is 205 g/mol. The molecule has 3 nitrogen and oxygen atoms in total. The van der Waals surface area contributed by atoms with Crippen LogP contribution in [0.3, 0.4) is 0 Å². The van der Waals surface area contributed by atoms with Crippen LogP contribution in [0, 0.1) is 0 Å². The van der Waals surface area contributed by atoms with Gasteiger partial charge in [-0.05, 0) is 19.2 Å². The highest BCUT2D eigenvalue weighted by atomic mass is 16.7. The molecule has 1 spiro atoms. The molecule has 80 valence electrons. The molecule has 2 heterocycles. The molecular formula is C12H15NO2. The van der Waals surface area contributed by atoms with Gasteiger partial charge in [-0.3, -0.25) is 0 Å². The van der Waals surface area contributed by atoms with Crippen molar-refractivity contribution in [3.8, 4) is 11.5 Å². The first-order valence-electron chi connectivity index (χ1n) is 5.43. The molecule has 0 radical (unpaired) electrons. The van der Waals surface area contributed by atoms with Crippen LogP contribution in [0.25, 0.3) is 0 Å². The van der Waals surface area contributed by atoms with Crippen molar-refractivity contribution in [1.82, 2.24) is 4.90 Å². The second-order valence-electron chi connectivity index (χ2n) is 4.36. The summed E-state index contributed by atoms with van der Waals surface area (Å²) in [4.78, 5) is 2.31. The molecule has 0 unspecified atom stereocenters. The summed E-state index contributed by atoms with van der Waals surface area (Å²) in [6.45, 7) is 2.07. The van der Waals surface area contributed by atoms with E-state index in [2.05, 4.69) is 11.9 Å². The quantitative estimate of drug-likeness (QED) is 0.645. The lowest BCUT2D eigenvalue weighted by molar-refractivity contribution is -0.116. The molecule has 0 aromatic heterocycles. The van der Waals surface area contributed by atoms with Gasteiger partial charge in [0.1, 0.15) is 0 Å². The van der Waals surface area contributed by atoms with Crippen molar-refractivity contribution in [2.45, 2.75) is 18.6 Å². The summed E-state index contributed by atoms with van der Waals surface area (Å²) in [7, 11) is 2.13. The second kappa shape index (κ2) is 3.14. The second-order valence-corrected chi connectivity index (χ2v) is 4.36. The van der Waals surface area contributed by atoms with Gasteiger partial charge in [-0.15, -0.1) is 0 Å². The molecule has 1 fully saturated rings. The van der Waals surface area contributed by atoms with Gasteiger partial charge in [-0.25, -0.2) is 0 Å². The number of para-hydroxylation sites is 2. The van der Waals surface area contributed by atoms with Gasteiger partial charge in [0.25, 0.3) is 5.79 Å². The van der Waals surface area contributed by atoms with Crippen LogP contribution in [0.5, 0.6) is 11.5 Å². The van der Waals surface area contributed by atoms with Crippen LogP contribution in [0.2, 0.25) is 0 Å². The molecule has 1 aromatic rings. The number of ether oxygens (including phenoxy) is 2. The topological polar surface area (TPSA) is 21.7 Å². The molecule has 3 heteroatoms. The third-order valence-corrected chi connectivity index (χ3v) is 3.19. The Morgan fingerprint density at radius 2 is 1.60 bits per heavy atom.